The van der Waals surface area contributed by atoms with Crippen LogP contribution < -0.4 is 16.6 Å². The zero-order valence-electron chi connectivity index (χ0n) is 19.8. The number of nitrogens with zero attached hydrogens (tertiary/aromatic N) is 5. The standard InChI is InChI=1S/C26H20F3N7O2/c1-15(32-24(37)20-21(30)34-35-14-6-13-31-23(20)35)22-33-18-10-5-7-16(11-12-26(27,28)29)19(18)25(38)36(22)17-8-3-2-4-9-17/h2-15H,1H3,(H2,30,34)(H,32,37)/t15-/m1/s1. The van der Waals surface area contributed by atoms with E-state index in [9.17, 15) is 22.8 Å². The molecule has 0 fully saturated rings. The number of halogens is 3. The number of benzene rings is 2. The summed E-state index contributed by atoms with van der Waals surface area (Å²) in [6.07, 6.45) is -0.547. The Hall–Kier alpha value is -5.00. The van der Waals surface area contributed by atoms with Gasteiger partial charge in [-0.1, -0.05) is 30.3 Å². The van der Waals surface area contributed by atoms with Crippen LogP contribution in [0.2, 0.25) is 0 Å². The van der Waals surface area contributed by atoms with Gasteiger partial charge in [0.05, 0.1) is 22.6 Å². The number of nitrogen functional groups attached to an aromatic ring is 1. The zero-order valence-corrected chi connectivity index (χ0v) is 19.8. The molecule has 0 aliphatic heterocycles. The molecule has 2 aromatic carbocycles. The number of hydrogen-bond acceptors (Lipinski definition) is 6. The van der Waals surface area contributed by atoms with Crippen molar-refractivity contribution < 1.29 is 18.0 Å². The number of fused-ring (bicyclic) bond motifs is 2. The average molecular weight is 519 g/mol. The lowest BCUT2D eigenvalue weighted by Gasteiger charge is -2.20. The molecule has 3 heterocycles. The number of anilines is 1. The maximum absolute atomic E-state index is 13.8. The molecule has 9 nitrogen and oxygen atoms in total. The van der Waals surface area contributed by atoms with Crippen molar-refractivity contribution in [3.05, 3.63) is 100 Å². The van der Waals surface area contributed by atoms with Crippen molar-refractivity contribution in [3.8, 4) is 5.69 Å². The summed E-state index contributed by atoms with van der Waals surface area (Å²) >= 11 is 0. The van der Waals surface area contributed by atoms with Gasteiger partial charge in [0.15, 0.2) is 11.5 Å². The van der Waals surface area contributed by atoms with E-state index in [0.717, 1.165) is 6.08 Å². The number of alkyl halides is 3. The number of allylic oxidation sites excluding steroid dienone is 1. The third kappa shape index (κ3) is 4.59. The van der Waals surface area contributed by atoms with Crippen LogP contribution >= 0.6 is 0 Å². The predicted molar refractivity (Wildman–Crippen MR) is 136 cm³/mol. The normalized spacial score (nSPS) is 12.8. The molecule has 0 saturated heterocycles. The molecule has 12 heteroatoms. The molecule has 5 aromatic rings. The Bertz CT molecular complexity index is 1760. The number of nitrogens with one attached hydrogen (secondary N) is 1. The number of nitrogens with two attached hydrogens (primary N) is 1. The van der Waals surface area contributed by atoms with Crippen LogP contribution in [0.1, 0.15) is 34.7 Å². The van der Waals surface area contributed by atoms with Crippen molar-refractivity contribution in [3.63, 3.8) is 0 Å². The number of amides is 1. The second-order valence-corrected chi connectivity index (χ2v) is 8.41. The van der Waals surface area contributed by atoms with E-state index >= 15 is 0 Å². The van der Waals surface area contributed by atoms with Gasteiger partial charge in [-0.05, 0) is 42.8 Å². The smallest absolute Gasteiger partial charge is 0.381 e. The van der Waals surface area contributed by atoms with Gasteiger partial charge in [-0.25, -0.2) is 14.5 Å². The Balaban J connectivity index is 1.65. The fourth-order valence-corrected chi connectivity index (χ4v) is 4.17. The first-order chi connectivity index (χ1) is 18.1. The van der Waals surface area contributed by atoms with E-state index < -0.39 is 23.7 Å². The van der Waals surface area contributed by atoms with Crippen molar-refractivity contribution in [2.45, 2.75) is 19.1 Å². The monoisotopic (exact) mass is 519 g/mol. The first kappa shape index (κ1) is 24.7. The van der Waals surface area contributed by atoms with E-state index in [1.165, 1.54) is 33.5 Å². The molecule has 1 amide bonds. The van der Waals surface area contributed by atoms with E-state index in [4.69, 9.17) is 5.73 Å². The van der Waals surface area contributed by atoms with E-state index in [2.05, 4.69) is 20.4 Å². The summed E-state index contributed by atoms with van der Waals surface area (Å²) in [5.74, 6) is -0.442. The molecule has 0 spiro atoms. The summed E-state index contributed by atoms with van der Waals surface area (Å²) in [5, 5.41) is 6.90. The molecular weight excluding hydrogens is 499 g/mol. The number of para-hydroxylation sites is 1. The fourth-order valence-electron chi connectivity index (χ4n) is 4.17. The maximum Gasteiger partial charge on any atom is 0.409 e. The second kappa shape index (κ2) is 9.47. The number of carbonyl (C=O) groups is 1. The highest BCUT2D eigenvalue weighted by Crippen LogP contribution is 2.24. The van der Waals surface area contributed by atoms with Crippen LogP contribution in [-0.4, -0.2) is 36.2 Å². The molecule has 0 saturated carbocycles. The fraction of sp³-hybridized carbons (Fsp3) is 0.115. The zero-order chi connectivity index (χ0) is 27.0. The summed E-state index contributed by atoms with van der Waals surface area (Å²) in [7, 11) is 0. The molecule has 3 N–H and O–H groups in total. The third-order valence-electron chi connectivity index (χ3n) is 5.81. The lowest BCUT2D eigenvalue weighted by Crippen LogP contribution is -2.33. The van der Waals surface area contributed by atoms with Crippen LogP contribution in [0, 0.1) is 0 Å². The quantitative estimate of drug-likeness (QED) is 0.361. The predicted octanol–water partition coefficient (Wildman–Crippen LogP) is 4.08. The van der Waals surface area contributed by atoms with Gasteiger partial charge in [0, 0.05) is 18.5 Å². The summed E-state index contributed by atoms with van der Waals surface area (Å²) in [6.45, 7) is 1.63. The highest BCUT2D eigenvalue weighted by Gasteiger charge is 2.25. The molecule has 0 aliphatic carbocycles. The summed E-state index contributed by atoms with van der Waals surface area (Å²) < 4.78 is 41.3. The van der Waals surface area contributed by atoms with Gasteiger partial charge in [0.25, 0.3) is 11.5 Å². The van der Waals surface area contributed by atoms with Crippen molar-refractivity contribution in [2.24, 2.45) is 0 Å². The molecule has 0 bridgehead atoms. The van der Waals surface area contributed by atoms with Gasteiger partial charge >= 0.3 is 6.18 Å². The second-order valence-electron chi connectivity index (χ2n) is 8.41. The van der Waals surface area contributed by atoms with Gasteiger partial charge in [0.1, 0.15) is 11.4 Å². The van der Waals surface area contributed by atoms with E-state index in [1.807, 2.05) is 0 Å². The van der Waals surface area contributed by atoms with E-state index in [-0.39, 0.29) is 45.4 Å². The van der Waals surface area contributed by atoms with Crippen LogP contribution in [0.3, 0.4) is 0 Å². The van der Waals surface area contributed by atoms with Gasteiger partial charge in [-0.2, -0.15) is 13.2 Å². The number of carbonyl (C=O) groups excluding carboxylic acids is 1. The van der Waals surface area contributed by atoms with Crippen molar-refractivity contribution >= 4 is 34.4 Å². The van der Waals surface area contributed by atoms with Gasteiger partial charge < -0.3 is 11.1 Å². The van der Waals surface area contributed by atoms with Crippen molar-refractivity contribution in [1.29, 1.82) is 0 Å². The Morgan fingerprint density at radius 2 is 1.87 bits per heavy atom. The first-order valence-corrected chi connectivity index (χ1v) is 11.4. The molecule has 0 aliphatic rings. The highest BCUT2D eigenvalue weighted by molar-refractivity contribution is 6.04. The minimum atomic E-state index is -4.55. The Kier molecular flexibility index (Phi) is 6.15. The Morgan fingerprint density at radius 1 is 1.11 bits per heavy atom. The van der Waals surface area contributed by atoms with Crippen LogP contribution in [0.5, 0.6) is 0 Å². The third-order valence-corrected chi connectivity index (χ3v) is 5.81. The van der Waals surface area contributed by atoms with Crippen LogP contribution in [0.4, 0.5) is 19.0 Å². The van der Waals surface area contributed by atoms with E-state index in [1.54, 1.807) is 49.5 Å². The SMILES string of the molecule is C[C@@H](NC(=O)c1c(N)nn2cccnc12)c1nc2cccc(C=CC(F)(F)F)c2c(=O)n1-c1ccccc1. The van der Waals surface area contributed by atoms with Gasteiger partial charge in [0.2, 0.25) is 0 Å². The molecule has 1 atom stereocenters. The average Bonchev–Trinajstić information content (AvgIpc) is 3.23. The topological polar surface area (TPSA) is 120 Å². The minimum Gasteiger partial charge on any atom is -0.381 e. The Labute approximate surface area is 213 Å². The summed E-state index contributed by atoms with van der Waals surface area (Å²) in [6, 6.07) is 13.8. The van der Waals surface area contributed by atoms with Crippen molar-refractivity contribution in [2.75, 3.05) is 5.73 Å². The number of hydrogen-bond donors (Lipinski definition) is 2. The lowest BCUT2D eigenvalue weighted by atomic mass is 10.1. The van der Waals surface area contributed by atoms with Gasteiger partial charge in [-0.3, -0.25) is 14.2 Å². The van der Waals surface area contributed by atoms with Gasteiger partial charge in [-0.15, -0.1) is 5.10 Å². The summed E-state index contributed by atoms with van der Waals surface area (Å²) in [5.41, 5.74) is 6.37. The first-order valence-electron chi connectivity index (χ1n) is 11.4. The highest BCUT2D eigenvalue weighted by atomic mass is 19.4. The maximum atomic E-state index is 13.8. The number of rotatable bonds is 5. The largest absolute Gasteiger partial charge is 0.409 e. The lowest BCUT2D eigenvalue weighted by molar-refractivity contribution is -0.0790. The number of aromatic nitrogens is 5. The molecular formula is C26H20F3N7O2. The van der Waals surface area contributed by atoms with Crippen molar-refractivity contribution in [1.82, 2.24) is 29.5 Å². The van der Waals surface area contributed by atoms with E-state index in [0.29, 0.717) is 5.69 Å². The molecule has 0 unspecified atom stereocenters. The van der Waals surface area contributed by atoms with Crippen LogP contribution in [0.25, 0.3) is 28.3 Å². The molecule has 0 radical (unpaired) electrons. The molecule has 38 heavy (non-hydrogen) atoms. The summed E-state index contributed by atoms with van der Waals surface area (Å²) in [4.78, 5) is 35.8. The minimum absolute atomic E-state index is 0.00945. The Morgan fingerprint density at radius 3 is 2.61 bits per heavy atom. The van der Waals surface area contributed by atoms with Crippen LogP contribution in [0.15, 0.2) is 77.9 Å². The molecule has 192 valence electrons. The molecule has 3 aromatic heterocycles. The van der Waals surface area contributed by atoms with Crippen LogP contribution in [-0.2, 0) is 0 Å². The molecule has 5 rings (SSSR count).